The summed E-state index contributed by atoms with van der Waals surface area (Å²) in [7, 11) is 2.18. The van der Waals surface area contributed by atoms with E-state index in [0.29, 0.717) is 6.04 Å². The molecule has 0 saturated carbocycles. The fraction of sp³-hybridized carbons (Fsp3) is 0.667. The minimum Gasteiger partial charge on any atom is -0.492 e. The summed E-state index contributed by atoms with van der Waals surface area (Å²) in [6.45, 7) is 10.3. The van der Waals surface area contributed by atoms with E-state index in [1.165, 1.54) is 18.4 Å². The highest BCUT2D eigenvalue weighted by molar-refractivity contribution is 5.33. The van der Waals surface area contributed by atoms with E-state index in [2.05, 4.69) is 56.2 Å². The lowest BCUT2D eigenvalue weighted by Gasteiger charge is -2.24. The first-order valence-electron chi connectivity index (χ1n) is 8.30. The Labute approximate surface area is 130 Å². The zero-order valence-corrected chi connectivity index (χ0v) is 14.2. The van der Waals surface area contributed by atoms with E-state index in [9.17, 15) is 0 Å². The molecule has 0 heterocycles. The molecule has 0 aliphatic carbocycles. The van der Waals surface area contributed by atoms with Crippen molar-refractivity contribution in [1.29, 1.82) is 0 Å². The number of nitrogens with zero attached hydrogens (tertiary/aromatic N) is 1. The average Bonchev–Trinajstić information content (AvgIpc) is 2.49. The van der Waals surface area contributed by atoms with Crippen LogP contribution in [0.25, 0.3) is 0 Å². The van der Waals surface area contributed by atoms with E-state index < -0.39 is 0 Å². The van der Waals surface area contributed by atoms with Gasteiger partial charge in [0.2, 0.25) is 0 Å². The van der Waals surface area contributed by atoms with Crippen LogP contribution in [0.3, 0.4) is 0 Å². The van der Waals surface area contributed by atoms with Crippen LogP contribution in [0.1, 0.15) is 45.6 Å². The van der Waals surface area contributed by atoms with Crippen molar-refractivity contribution in [1.82, 2.24) is 10.2 Å². The van der Waals surface area contributed by atoms with Crippen LogP contribution in [0.2, 0.25) is 0 Å². The summed E-state index contributed by atoms with van der Waals surface area (Å²) in [5, 5.41) is 3.44. The van der Waals surface area contributed by atoms with Gasteiger partial charge in [0.15, 0.2) is 0 Å². The van der Waals surface area contributed by atoms with Gasteiger partial charge in [-0.1, -0.05) is 38.5 Å². The molecule has 120 valence electrons. The maximum absolute atomic E-state index is 5.99. The first-order valence-corrected chi connectivity index (χ1v) is 8.30. The number of nitrogens with one attached hydrogen (secondary N) is 1. The fourth-order valence-electron chi connectivity index (χ4n) is 2.35. The Morgan fingerprint density at radius 1 is 1.19 bits per heavy atom. The quantitative estimate of drug-likeness (QED) is 0.630. The van der Waals surface area contributed by atoms with Crippen molar-refractivity contribution >= 4 is 0 Å². The van der Waals surface area contributed by atoms with E-state index >= 15 is 0 Å². The molecule has 21 heavy (non-hydrogen) atoms. The lowest BCUT2D eigenvalue weighted by atomic mass is 10.2. The number of para-hydroxylation sites is 1. The molecule has 0 radical (unpaired) electrons. The van der Waals surface area contributed by atoms with Crippen molar-refractivity contribution < 1.29 is 4.74 Å². The molecule has 1 unspecified atom stereocenters. The molecule has 1 aromatic carbocycles. The minimum atomic E-state index is 0.625. The van der Waals surface area contributed by atoms with Gasteiger partial charge in [0.25, 0.3) is 0 Å². The fourth-order valence-corrected chi connectivity index (χ4v) is 2.35. The SMILES string of the molecule is CCCNCc1ccccc1OCCN(C)C(C)CCC. The number of rotatable bonds is 11. The van der Waals surface area contributed by atoms with Gasteiger partial charge in [0.05, 0.1) is 0 Å². The summed E-state index contributed by atoms with van der Waals surface area (Å²) in [5.74, 6) is 1.01. The van der Waals surface area contributed by atoms with Gasteiger partial charge in [-0.25, -0.2) is 0 Å². The number of benzene rings is 1. The molecule has 0 amide bonds. The Bertz CT molecular complexity index is 381. The molecule has 0 saturated heterocycles. The third-order valence-electron chi connectivity index (χ3n) is 3.88. The van der Waals surface area contributed by atoms with Gasteiger partial charge in [-0.05, 0) is 39.4 Å². The molecule has 1 N–H and O–H groups in total. The monoisotopic (exact) mass is 292 g/mol. The molecule has 1 aromatic rings. The van der Waals surface area contributed by atoms with Crippen LogP contribution in [0.15, 0.2) is 24.3 Å². The Kier molecular flexibility index (Phi) is 9.11. The molecule has 3 nitrogen and oxygen atoms in total. The molecule has 0 bridgehead atoms. The van der Waals surface area contributed by atoms with Crippen LogP contribution < -0.4 is 10.1 Å². The molecule has 1 rings (SSSR count). The van der Waals surface area contributed by atoms with E-state index in [1.807, 2.05) is 6.07 Å². The van der Waals surface area contributed by atoms with Gasteiger partial charge in [0, 0.05) is 24.7 Å². The van der Waals surface area contributed by atoms with Crippen molar-refractivity contribution in [2.45, 2.75) is 52.6 Å². The highest BCUT2D eigenvalue weighted by Gasteiger charge is 2.08. The maximum atomic E-state index is 5.99. The molecule has 3 heteroatoms. The number of hydrogen-bond donors (Lipinski definition) is 1. The van der Waals surface area contributed by atoms with E-state index in [0.717, 1.165) is 38.4 Å². The van der Waals surface area contributed by atoms with E-state index in [-0.39, 0.29) is 0 Å². The minimum absolute atomic E-state index is 0.625. The molecule has 0 aromatic heterocycles. The largest absolute Gasteiger partial charge is 0.492 e. The van der Waals surface area contributed by atoms with Gasteiger partial charge in [-0.15, -0.1) is 0 Å². The zero-order chi connectivity index (χ0) is 15.5. The van der Waals surface area contributed by atoms with Gasteiger partial charge in [-0.2, -0.15) is 0 Å². The second-order valence-corrected chi connectivity index (χ2v) is 5.75. The predicted octanol–water partition coefficient (Wildman–Crippen LogP) is 3.69. The molecule has 0 aliphatic heterocycles. The first-order chi connectivity index (χ1) is 10.2. The molecule has 1 atom stereocenters. The highest BCUT2D eigenvalue weighted by atomic mass is 16.5. The van der Waals surface area contributed by atoms with Crippen molar-refractivity contribution in [2.75, 3.05) is 26.7 Å². The number of ether oxygens (including phenoxy) is 1. The standard InChI is InChI=1S/C18H32N2O/c1-5-9-16(3)20(4)13-14-21-18-11-8-7-10-17(18)15-19-12-6-2/h7-8,10-11,16,19H,5-6,9,12-15H2,1-4H3. The normalized spacial score (nSPS) is 12.6. The van der Waals surface area contributed by atoms with Crippen molar-refractivity contribution in [3.05, 3.63) is 29.8 Å². The smallest absolute Gasteiger partial charge is 0.123 e. The highest BCUT2D eigenvalue weighted by Crippen LogP contribution is 2.17. The number of likely N-dealkylation sites (N-methyl/N-ethyl adjacent to an activating group) is 1. The second-order valence-electron chi connectivity index (χ2n) is 5.75. The van der Waals surface area contributed by atoms with Crippen LogP contribution in [0.5, 0.6) is 5.75 Å². The Balaban J connectivity index is 2.40. The predicted molar refractivity (Wildman–Crippen MR) is 90.9 cm³/mol. The first kappa shape index (κ1) is 18.0. The summed E-state index contributed by atoms with van der Waals surface area (Å²) < 4.78 is 5.99. The summed E-state index contributed by atoms with van der Waals surface area (Å²) in [5.41, 5.74) is 1.25. The third-order valence-corrected chi connectivity index (χ3v) is 3.88. The van der Waals surface area contributed by atoms with E-state index in [4.69, 9.17) is 4.74 Å². The summed E-state index contributed by atoms with van der Waals surface area (Å²) in [6.07, 6.45) is 3.63. The maximum Gasteiger partial charge on any atom is 0.123 e. The van der Waals surface area contributed by atoms with Gasteiger partial charge in [-0.3, -0.25) is 0 Å². The molecular formula is C18H32N2O. The van der Waals surface area contributed by atoms with Gasteiger partial charge < -0.3 is 15.0 Å². The van der Waals surface area contributed by atoms with Crippen molar-refractivity contribution in [3.63, 3.8) is 0 Å². The van der Waals surface area contributed by atoms with Crippen molar-refractivity contribution in [3.8, 4) is 5.75 Å². The van der Waals surface area contributed by atoms with Crippen LogP contribution in [0, 0.1) is 0 Å². The Morgan fingerprint density at radius 3 is 2.67 bits per heavy atom. The number of hydrogen-bond acceptors (Lipinski definition) is 3. The molecular weight excluding hydrogens is 260 g/mol. The van der Waals surface area contributed by atoms with Gasteiger partial charge >= 0.3 is 0 Å². The lowest BCUT2D eigenvalue weighted by molar-refractivity contribution is 0.192. The summed E-state index contributed by atoms with van der Waals surface area (Å²) in [6, 6.07) is 8.95. The summed E-state index contributed by atoms with van der Waals surface area (Å²) in [4.78, 5) is 2.38. The van der Waals surface area contributed by atoms with Crippen LogP contribution in [-0.2, 0) is 6.54 Å². The second kappa shape index (κ2) is 10.6. The Hall–Kier alpha value is -1.06. The third kappa shape index (κ3) is 6.96. The Morgan fingerprint density at radius 2 is 1.95 bits per heavy atom. The molecule has 0 fully saturated rings. The average molecular weight is 292 g/mol. The van der Waals surface area contributed by atoms with Crippen LogP contribution in [-0.4, -0.2) is 37.7 Å². The molecule has 0 spiro atoms. The van der Waals surface area contributed by atoms with Crippen LogP contribution in [0.4, 0.5) is 0 Å². The van der Waals surface area contributed by atoms with Crippen molar-refractivity contribution in [2.24, 2.45) is 0 Å². The van der Waals surface area contributed by atoms with E-state index in [1.54, 1.807) is 0 Å². The van der Waals surface area contributed by atoms with Crippen LogP contribution >= 0.6 is 0 Å². The molecule has 0 aliphatic rings. The lowest BCUT2D eigenvalue weighted by Crippen LogP contribution is -2.32. The summed E-state index contributed by atoms with van der Waals surface area (Å²) >= 11 is 0. The zero-order valence-electron chi connectivity index (χ0n) is 14.2. The topological polar surface area (TPSA) is 24.5 Å². The van der Waals surface area contributed by atoms with Gasteiger partial charge in [0.1, 0.15) is 12.4 Å².